The van der Waals surface area contributed by atoms with E-state index in [4.69, 9.17) is 0 Å². The molecule has 1 aliphatic rings. The summed E-state index contributed by atoms with van der Waals surface area (Å²) in [5.41, 5.74) is 0. The summed E-state index contributed by atoms with van der Waals surface area (Å²) in [6.07, 6.45) is 7.34. The lowest BCUT2D eigenvalue weighted by atomic mass is 10.0. The number of hydrogen-bond acceptors (Lipinski definition) is 1. The number of halogens is 1. The Bertz CT molecular complexity index is 69.7. The van der Waals surface area contributed by atoms with Crippen LogP contribution in [0.15, 0.2) is 0 Å². The molecule has 10 heavy (non-hydrogen) atoms. The molecule has 1 nitrogen and oxygen atoms in total. The summed E-state index contributed by atoms with van der Waals surface area (Å²) in [5, 5.41) is 3.19. The van der Waals surface area contributed by atoms with Crippen molar-refractivity contribution in [3.05, 3.63) is 0 Å². The molecule has 0 radical (unpaired) electrons. The second-order valence-electron chi connectivity index (χ2n) is 3.04. The van der Waals surface area contributed by atoms with E-state index in [1.807, 2.05) is 7.05 Å². The molecule has 0 aromatic rings. The Balaban J connectivity index is 0.000000810. The van der Waals surface area contributed by atoms with Gasteiger partial charge in [-0.05, 0) is 25.9 Å². The Morgan fingerprint density at radius 1 is 1.30 bits per heavy atom. The summed E-state index contributed by atoms with van der Waals surface area (Å²) in [7, 11) is 2.04. The molecule has 1 N–H and O–H groups in total. The third-order valence-corrected chi connectivity index (χ3v) is 2.28. The van der Waals surface area contributed by atoms with Gasteiger partial charge in [0.25, 0.3) is 0 Å². The van der Waals surface area contributed by atoms with Gasteiger partial charge in [-0.25, -0.2) is 0 Å². The molecule has 1 rings (SSSR count). The average Bonchev–Trinajstić information content (AvgIpc) is 2.34. The van der Waals surface area contributed by atoms with E-state index in [9.17, 15) is 0 Å². The zero-order chi connectivity index (χ0) is 6.53. The molecule has 0 heterocycles. The van der Waals surface area contributed by atoms with E-state index in [1.54, 1.807) is 0 Å². The van der Waals surface area contributed by atoms with E-state index in [2.05, 4.69) is 5.32 Å². The predicted molar refractivity (Wildman–Crippen MR) is 47.7 cm³/mol. The standard InChI is InChI=1S/C8H17N.ClH/c1-9-7-6-8-4-2-3-5-8;/h8-9H,2-7H2,1H3;1H. The van der Waals surface area contributed by atoms with E-state index in [0.717, 1.165) is 5.92 Å². The van der Waals surface area contributed by atoms with Gasteiger partial charge in [0.2, 0.25) is 0 Å². The maximum absolute atomic E-state index is 3.19. The van der Waals surface area contributed by atoms with Gasteiger partial charge < -0.3 is 5.32 Å². The van der Waals surface area contributed by atoms with Gasteiger partial charge in [-0.1, -0.05) is 25.7 Å². The Kier molecular flexibility index (Phi) is 6.14. The van der Waals surface area contributed by atoms with Crippen LogP contribution in [-0.4, -0.2) is 13.6 Å². The quantitative estimate of drug-likeness (QED) is 0.673. The minimum Gasteiger partial charge on any atom is -0.320 e. The number of rotatable bonds is 3. The first-order valence-electron chi connectivity index (χ1n) is 4.08. The molecular weight excluding hydrogens is 146 g/mol. The molecule has 2 heteroatoms. The van der Waals surface area contributed by atoms with Crippen molar-refractivity contribution in [2.24, 2.45) is 5.92 Å². The molecule has 0 unspecified atom stereocenters. The third-order valence-electron chi connectivity index (χ3n) is 2.28. The largest absolute Gasteiger partial charge is 0.320 e. The van der Waals surface area contributed by atoms with Crippen LogP contribution in [0.5, 0.6) is 0 Å². The van der Waals surface area contributed by atoms with Gasteiger partial charge >= 0.3 is 0 Å². The van der Waals surface area contributed by atoms with Crippen molar-refractivity contribution in [1.82, 2.24) is 5.32 Å². The molecule has 1 fully saturated rings. The second-order valence-corrected chi connectivity index (χ2v) is 3.04. The van der Waals surface area contributed by atoms with E-state index in [0.29, 0.717) is 0 Å². The van der Waals surface area contributed by atoms with Crippen LogP contribution < -0.4 is 5.32 Å². The van der Waals surface area contributed by atoms with Crippen LogP contribution in [-0.2, 0) is 0 Å². The van der Waals surface area contributed by atoms with Crippen LogP contribution in [0.25, 0.3) is 0 Å². The zero-order valence-electron chi connectivity index (χ0n) is 6.73. The van der Waals surface area contributed by atoms with Crippen molar-refractivity contribution < 1.29 is 0 Å². The van der Waals surface area contributed by atoms with Gasteiger partial charge in [0.15, 0.2) is 0 Å². The highest BCUT2D eigenvalue weighted by Gasteiger charge is 2.13. The molecule has 0 saturated heterocycles. The summed E-state index contributed by atoms with van der Waals surface area (Å²) in [4.78, 5) is 0. The minimum atomic E-state index is 0. The van der Waals surface area contributed by atoms with Gasteiger partial charge in [-0.15, -0.1) is 12.4 Å². The maximum Gasteiger partial charge on any atom is -0.00493 e. The Morgan fingerprint density at radius 2 is 1.90 bits per heavy atom. The third kappa shape index (κ3) is 3.43. The average molecular weight is 164 g/mol. The van der Waals surface area contributed by atoms with Crippen LogP contribution in [0, 0.1) is 5.92 Å². The number of hydrogen-bond donors (Lipinski definition) is 1. The van der Waals surface area contributed by atoms with Crippen molar-refractivity contribution in [2.45, 2.75) is 32.1 Å². The van der Waals surface area contributed by atoms with Gasteiger partial charge in [-0.2, -0.15) is 0 Å². The Labute approximate surface area is 70.0 Å². The highest BCUT2D eigenvalue weighted by atomic mass is 35.5. The predicted octanol–water partition coefficient (Wildman–Crippen LogP) is 2.21. The maximum atomic E-state index is 3.19. The lowest BCUT2D eigenvalue weighted by Crippen LogP contribution is -2.11. The topological polar surface area (TPSA) is 12.0 Å². The Hall–Kier alpha value is 0.250. The summed E-state index contributed by atoms with van der Waals surface area (Å²) >= 11 is 0. The number of nitrogens with one attached hydrogen (secondary N) is 1. The van der Waals surface area contributed by atoms with E-state index in [1.165, 1.54) is 38.6 Å². The summed E-state index contributed by atoms with van der Waals surface area (Å²) in [6.45, 7) is 1.21. The first kappa shape index (κ1) is 10.2. The van der Waals surface area contributed by atoms with E-state index < -0.39 is 0 Å². The smallest absolute Gasteiger partial charge is 0.00493 e. The summed E-state index contributed by atoms with van der Waals surface area (Å²) < 4.78 is 0. The highest BCUT2D eigenvalue weighted by Crippen LogP contribution is 2.26. The normalized spacial score (nSPS) is 18.9. The molecule has 0 aliphatic heterocycles. The van der Waals surface area contributed by atoms with Crippen molar-refractivity contribution >= 4 is 12.4 Å². The fourth-order valence-electron chi connectivity index (χ4n) is 1.65. The fraction of sp³-hybridized carbons (Fsp3) is 1.00. The molecule has 0 aromatic carbocycles. The van der Waals surface area contributed by atoms with Crippen LogP contribution >= 0.6 is 12.4 Å². The minimum absolute atomic E-state index is 0. The molecule has 0 atom stereocenters. The molecule has 0 bridgehead atoms. The lowest BCUT2D eigenvalue weighted by molar-refractivity contribution is 0.491. The Morgan fingerprint density at radius 3 is 2.40 bits per heavy atom. The monoisotopic (exact) mass is 163 g/mol. The van der Waals surface area contributed by atoms with E-state index in [-0.39, 0.29) is 12.4 Å². The molecule has 62 valence electrons. The second kappa shape index (κ2) is 5.99. The van der Waals surface area contributed by atoms with E-state index >= 15 is 0 Å². The van der Waals surface area contributed by atoms with Gasteiger partial charge in [0, 0.05) is 0 Å². The summed E-state index contributed by atoms with van der Waals surface area (Å²) in [5.74, 6) is 1.05. The fourth-order valence-corrected chi connectivity index (χ4v) is 1.65. The molecule has 1 aliphatic carbocycles. The first-order valence-corrected chi connectivity index (χ1v) is 4.08. The zero-order valence-corrected chi connectivity index (χ0v) is 7.54. The van der Waals surface area contributed by atoms with Crippen molar-refractivity contribution in [2.75, 3.05) is 13.6 Å². The molecular formula is C8H18ClN. The first-order chi connectivity index (χ1) is 4.43. The van der Waals surface area contributed by atoms with Crippen molar-refractivity contribution in [3.63, 3.8) is 0 Å². The SMILES string of the molecule is CNCCC1CCCC1.Cl. The highest BCUT2D eigenvalue weighted by molar-refractivity contribution is 5.85. The van der Waals surface area contributed by atoms with Crippen LogP contribution in [0.3, 0.4) is 0 Å². The van der Waals surface area contributed by atoms with Crippen molar-refractivity contribution in [1.29, 1.82) is 0 Å². The molecule has 0 spiro atoms. The molecule has 1 saturated carbocycles. The van der Waals surface area contributed by atoms with Gasteiger partial charge in [-0.3, -0.25) is 0 Å². The lowest BCUT2D eigenvalue weighted by Gasteiger charge is -2.06. The van der Waals surface area contributed by atoms with Gasteiger partial charge in [0.05, 0.1) is 0 Å². The van der Waals surface area contributed by atoms with Gasteiger partial charge in [0.1, 0.15) is 0 Å². The summed E-state index contributed by atoms with van der Waals surface area (Å²) in [6, 6.07) is 0. The van der Waals surface area contributed by atoms with Crippen LogP contribution in [0.4, 0.5) is 0 Å². The molecule has 0 aromatic heterocycles. The molecule has 0 amide bonds. The van der Waals surface area contributed by atoms with Crippen molar-refractivity contribution in [3.8, 4) is 0 Å². The van der Waals surface area contributed by atoms with Crippen LogP contribution in [0.2, 0.25) is 0 Å². The van der Waals surface area contributed by atoms with Crippen LogP contribution in [0.1, 0.15) is 32.1 Å².